The molecule has 0 unspecified atom stereocenters. The Kier molecular flexibility index (Phi) is 5.31. The number of ether oxygens (including phenoxy) is 1. The van der Waals surface area contributed by atoms with Crippen LogP contribution in [0.4, 0.5) is 10.1 Å². The van der Waals surface area contributed by atoms with Crippen molar-refractivity contribution in [1.29, 1.82) is 5.26 Å². The van der Waals surface area contributed by atoms with Gasteiger partial charge in [0.1, 0.15) is 17.4 Å². The summed E-state index contributed by atoms with van der Waals surface area (Å²) in [5, 5.41) is 9.13. The second-order valence-electron chi connectivity index (χ2n) is 5.35. The first kappa shape index (κ1) is 16.2. The fourth-order valence-electron chi connectivity index (χ4n) is 2.61. The van der Waals surface area contributed by atoms with E-state index in [0.717, 1.165) is 0 Å². The Bertz CT molecular complexity index is 587. The number of hydrogen-bond donors (Lipinski definition) is 1. The molecule has 0 spiro atoms. The third-order valence-electron chi connectivity index (χ3n) is 3.52. The molecular formula is C15H19FN4O2. The number of likely N-dealkylation sites (N-methyl/N-ethyl adjacent to an activating group) is 1. The lowest BCUT2D eigenvalue weighted by atomic mass is 10.1. The first-order valence-corrected chi connectivity index (χ1v) is 7.03. The first-order valence-electron chi connectivity index (χ1n) is 7.03. The molecule has 0 radical (unpaired) electrons. The SMILES string of the molecule is CN(CC(N)=O)C[C@@H]1CN(c2cccc(F)c2C#N)CCO1. The van der Waals surface area contributed by atoms with Gasteiger partial charge in [-0.1, -0.05) is 6.07 Å². The van der Waals surface area contributed by atoms with Crippen molar-refractivity contribution in [1.82, 2.24) is 4.90 Å². The predicted molar refractivity (Wildman–Crippen MR) is 79.8 cm³/mol. The Morgan fingerprint density at radius 1 is 1.64 bits per heavy atom. The molecule has 0 aliphatic carbocycles. The summed E-state index contributed by atoms with van der Waals surface area (Å²) >= 11 is 0. The van der Waals surface area contributed by atoms with Crippen molar-refractivity contribution in [2.75, 3.05) is 44.7 Å². The van der Waals surface area contributed by atoms with Gasteiger partial charge in [-0.05, 0) is 19.2 Å². The van der Waals surface area contributed by atoms with E-state index >= 15 is 0 Å². The van der Waals surface area contributed by atoms with Crippen molar-refractivity contribution in [3.8, 4) is 6.07 Å². The average Bonchev–Trinajstić information content (AvgIpc) is 2.46. The Balaban J connectivity index is 2.07. The monoisotopic (exact) mass is 306 g/mol. The molecule has 1 saturated heterocycles. The Morgan fingerprint density at radius 2 is 2.41 bits per heavy atom. The quantitative estimate of drug-likeness (QED) is 0.847. The normalized spacial score (nSPS) is 18.3. The van der Waals surface area contributed by atoms with E-state index in [-0.39, 0.29) is 18.2 Å². The van der Waals surface area contributed by atoms with Gasteiger partial charge in [-0.15, -0.1) is 0 Å². The standard InChI is InChI=1S/C15H19FN4O2/c1-19(10-15(18)21)8-11-9-20(5-6-22-11)14-4-2-3-13(16)12(14)7-17/h2-4,11H,5-6,8-10H2,1H3,(H2,18,21)/t11-/m1/s1. The highest BCUT2D eigenvalue weighted by molar-refractivity contribution is 5.75. The van der Waals surface area contributed by atoms with Gasteiger partial charge in [0.05, 0.1) is 24.9 Å². The molecule has 7 heteroatoms. The van der Waals surface area contributed by atoms with E-state index in [1.807, 2.05) is 11.0 Å². The molecule has 22 heavy (non-hydrogen) atoms. The largest absolute Gasteiger partial charge is 0.373 e. The highest BCUT2D eigenvalue weighted by atomic mass is 19.1. The summed E-state index contributed by atoms with van der Waals surface area (Å²) in [5.74, 6) is -0.916. The van der Waals surface area contributed by atoms with Crippen molar-refractivity contribution in [2.24, 2.45) is 5.73 Å². The molecule has 0 bridgehead atoms. The molecule has 0 saturated carbocycles. The van der Waals surface area contributed by atoms with Crippen LogP contribution in [0, 0.1) is 17.1 Å². The van der Waals surface area contributed by atoms with E-state index in [9.17, 15) is 9.18 Å². The summed E-state index contributed by atoms with van der Waals surface area (Å²) in [6, 6.07) is 6.52. The van der Waals surface area contributed by atoms with Gasteiger partial charge in [-0.25, -0.2) is 4.39 Å². The first-order chi connectivity index (χ1) is 10.5. The highest BCUT2D eigenvalue weighted by Crippen LogP contribution is 2.24. The van der Waals surface area contributed by atoms with Crippen LogP contribution >= 0.6 is 0 Å². The molecule has 1 amide bonds. The molecule has 118 valence electrons. The van der Waals surface area contributed by atoms with Crippen molar-refractivity contribution in [2.45, 2.75) is 6.10 Å². The minimum atomic E-state index is -0.520. The fourth-order valence-corrected chi connectivity index (χ4v) is 2.61. The highest BCUT2D eigenvalue weighted by Gasteiger charge is 2.24. The van der Waals surface area contributed by atoms with Gasteiger partial charge in [0.2, 0.25) is 5.91 Å². The van der Waals surface area contributed by atoms with E-state index in [2.05, 4.69) is 0 Å². The number of nitrogens with two attached hydrogens (primary N) is 1. The Labute approximate surface area is 128 Å². The third kappa shape index (κ3) is 3.93. The predicted octanol–water partition coefficient (Wildman–Crippen LogP) is 0.320. The Morgan fingerprint density at radius 3 is 3.09 bits per heavy atom. The van der Waals surface area contributed by atoms with Crippen molar-refractivity contribution in [3.63, 3.8) is 0 Å². The second kappa shape index (κ2) is 7.20. The van der Waals surface area contributed by atoms with Crippen molar-refractivity contribution >= 4 is 11.6 Å². The number of carbonyl (C=O) groups is 1. The van der Waals surface area contributed by atoms with Gasteiger partial charge in [-0.2, -0.15) is 5.26 Å². The van der Waals surface area contributed by atoms with Gasteiger partial charge in [0, 0.05) is 19.6 Å². The number of nitrogens with zero attached hydrogens (tertiary/aromatic N) is 3. The smallest absolute Gasteiger partial charge is 0.231 e. The number of anilines is 1. The molecule has 1 fully saturated rings. The number of benzene rings is 1. The lowest BCUT2D eigenvalue weighted by molar-refractivity contribution is -0.119. The van der Waals surface area contributed by atoms with Gasteiger partial charge in [0.25, 0.3) is 0 Å². The van der Waals surface area contributed by atoms with Gasteiger partial charge in [0.15, 0.2) is 0 Å². The molecule has 1 atom stereocenters. The number of primary amides is 1. The molecule has 1 heterocycles. The number of morpholine rings is 1. The molecule has 0 aromatic heterocycles. The van der Waals surface area contributed by atoms with Crippen molar-refractivity contribution in [3.05, 3.63) is 29.6 Å². The minimum Gasteiger partial charge on any atom is -0.373 e. The number of hydrogen-bond acceptors (Lipinski definition) is 5. The molecule has 1 aliphatic rings. The maximum Gasteiger partial charge on any atom is 0.231 e. The maximum atomic E-state index is 13.7. The minimum absolute atomic E-state index is 0.0497. The number of rotatable bonds is 5. The molecular weight excluding hydrogens is 287 g/mol. The summed E-state index contributed by atoms with van der Waals surface area (Å²) in [6.07, 6.45) is -0.132. The zero-order chi connectivity index (χ0) is 16.1. The number of amides is 1. The molecule has 2 rings (SSSR count). The number of halogens is 1. The zero-order valence-electron chi connectivity index (χ0n) is 12.5. The summed E-state index contributed by atoms with van der Waals surface area (Å²) in [4.78, 5) is 14.6. The summed E-state index contributed by atoms with van der Waals surface area (Å²) < 4.78 is 19.4. The summed E-state index contributed by atoms with van der Waals surface area (Å²) in [5.41, 5.74) is 5.79. The summed E-state index contributed by atoms with van der Waals surface area (Å²) in [6.45, 7) is 2.30. The second-order valence-corrected chi connectivity index (χ2v) is 5.35. The molecule has 1 aromatic carbocycles. The van der Waals surface area contributed by atoms with Crippen molar-refractivity contribution < 1.29 is 13.9 Å². The van der Waals surface area contributed by atoms with Gasteiger partial charge >= 0.3 is 0 Å². The summed E-state index contributed by atoms with van der Waals surface area (Å²) in [7, 11) is 1.79. The zero-order valence-corrected chi connectivity index (χ0v) is 12.5. The van der Waals surface area contributed by atoms with E-state index in [1.165, 1.54) is 6.07 Å². The lowest BCUT2D eigenvalue weighted by Gasteiger charge is -2.36. The van der Waals surface area contributed by atoms with Crippen LogP contribution in [0.5, 0.6) is 0 Å². The van der Waals surface area contributed by atoms with Crippen LogP contribution in [0.3, 0.4) is 0 Å². The van der Waals surface area contributed by atoms with Crippen LogP contribution in [0.1, 0.15) is 5.56 Å². The van der Waals surface area contributed by atoms with Crippen LogP contribution in [0.15, 0.2) is 18.2 Å². The molecule has 6 nitrogen and oxygen atoms in total. The van der Waals surface area contributed by atoms with Crippen LogP contribution in [0.2, 0.25) is 0 Å². The third-order valence-corrected chi connectivity index (χ3v) is 3.52. The van der Waals surface area contributed by atoms with E-state index in [4.69, 9.17) is 15.7 Å². The van der Waals surface area contributed by atoms with Crippen LogP contribution < -0.4 is 10.6 Å². The molecule has 1 aliphatic heterocycles. The van der Waals surface area contributed by atoms with E-state index < -0.39 is 11.7 Å². The van der Waals surface area contributed by atoms with Gasteiger partial charge < -0.3 is 15.4 Å². The fraction of sp³-hybridized carbons (Fsp3) is 0.467. The van der Waals surface area contributed by atoms with Crippen LogP contribution in [0.25, 0.3) is 0 Å². The van der Waals surface area contributed by atoms with Crippen LogP contribution in [-0.2, 0) is 9.53 Å². The molecule has 1 aromatic rings. The topological polar surface area (TPSA) is 82.6 Å². The lowest BCUT2D eigenvalue weighted by Crippen LogP contribution is -2.48. The number of carbonyl (C=O) groups excluding carboxylic acids is 1. The number of nitriles is 1. The van der Waals surface area contributed by atoms with E-state index in [1.54, 1.807) is 24.1 Å². The average molecular weight is 306 g/mol. The van der Waals surface area contributed by atoms with E-state index in [0.29, 0.717) is 31.9 Å². The maximum absolute atomic E-state index is 13.7. The Hall–Kier alpha value is -2.17. The van der Waals surface area contributed by atoms with Gasteiger partial charge in [-0.3, -0.25) is 9.69 Å². The molecule has 2 N–H and O–H groups in total. The van der Waals surface area contributed by atoms with Crippen LogP contribution in [-0.4, -0.2) is 56.7 Å².